The summed E-state index contributed by atoms with van der Waals surface area (Å²) in [6.07, 6.45) is -2.21. The van der Waals surface area contributed by atoms with Crippen molar-refractivity contribution in [2.75, 3.05) is 11.9 Å². The Labute approximate surface area is 138 Å². The van der Waals surface area contributed by atoms with Crippen LogP contribution in [-0.2, 0) is 22.3 Å². The number of hydrogen-bond acceptors (Lipinski definition) is 3. The van der Waals surface area contributed by atoms with E-state index in [-0.39, 0.29) is 30.5 Å². The summed E-state index contributed by atoms with van der Waals surface area (Å²) in [7, 11) is 0. The number of amides is 2. The zero-order valence-electron chi connectivity index (χ0n) is 13.5. The maximum absolute atomic E-state index is 12.8. The van der Waals surface area contributed by atoms with Gasteiger partial charge in [-0.05, 0) is 36.6 Å². The highest BCUT2D eigenvalue weighted by Gasteiger charge is 2.31. The second-order valence-electron chi connectivity index (χ2n) is 5.46. The molecule has 0 fully saturated rings. The van der Waals surface area contributed by atoms with Gasteiger partial charge in [0.1, 0.15) is 0 Å². The second-order valence-corrected chi connectivity index (χ2v) is 5.46. The van der Waals surface area contributed by atoms with E-state index in [9.17, 15) is 22.8 Å². The standard InChI is InChI=1S/C16H22F3N3O2/c1-11(23)21-6-4-2-3-5-15(24)22-14-8-12(10-20)7-13(9-14)16(17,18)19/h7-9H,2-6,10,20H2,1H3,(H,21,23)(H,22,24). The van der Waals surface area contributed by atoms with Crippen LogP contribution < -0.4 is 16.4 Å². The smallest absolute Gasteiger partial charge is 0.356 e. The summed E-state index contributed by atoms with van der Waals surface area (Å²) in [5, 5.41) is 5.12. The number of nitrogens with two attached hydrogens (primary N) is 1. The van der Waals surface area contributed by atoms with E-state index in [1.54, 1.807) is 0 Å². The number of nitrogens with one attached hydrogen (secondary N) is 2. The van der Waals surface area contributed by atoms with Gasteiger partial charge in [-0.25, -0.2) is 0 Å². The number of hydrogen-bond donors (Lipinski definition) is 3. The maximum atomic E-state index is 12.8. The largest absolute Gasteiger partial charge is 0.416 e. The van der Waals surface area contributed by atoms with Gasteiger partial charge in [0.15, 0.2) is 0 Å². The van der Waals surface area contributed by atoms with Crippen molar-refractivity contribution in [2.24, 2.45) is 5.73 Å². The highest BCUT2D eigenvalue weighted by molar-refractivity contribution is 5.90. The van der Waals surface area contributed by atoms with E-state index < -0.39 is 11.7 Å². The zero-order valence-corrected chi connectivity index (χ0v) is 13.5. The summed E-state index contributed by atoms with van der Waals surface area (Å²) >= 11 is 0. The molecule has 24 heavy (non-hydrogen) atoms. The molecular weight excluding hydrogens is 323 g/mol. The predicted octanol–water partition coefficient (Wildman–Crippen LogP) is 2.80. The van der Waals surface area contributed by atoms with Crippen LogP contribution in [0.15, 0.2) is 18.2 Å². The molecule has 0 atom stereocenters. The van der Waals surface area contributed by atoms with Crippen LogP contribution in [0.3, 0.4) is 0 Å². The van der Waals surface area contributed by atoms with Crippen LogP contribution in [0.5, 0.6) is 0 Å². The number of rotatable bonds is 8. The lowest BCUT2D eigenvalue weighted by Gasteiger charge is -2.12. The van der Waals surface area contributed by atoms with E-state index in [2.05, 4.69) is 10.6 Å². The average molecular weight is 345 g/mol. The Morgan fingerprint density at radius 2 is 1.83 bits per heavy atom. The molecule has 0 aliphatic heterocycles. The highest BCUT2D eigenvalue weighted by Crippen LogP contribution is 2.32. The monoisotopic (exact) mass is 345 g/mol. The molecule has 5 nitrogen and oxygen atoms in total. The van der Waals surface area contributed by atoms with Gasteiger partial charge in [-0.15, -0.1) is 0 Å². The first kappa shape index (κ1) is 20.0. The molecule has 0 aliphatic rings. The normalized spacial score (nSPS) is 11.2. The van der Waals surface area contributed by atoms with Crippen LogP contribution in [0.4, 0.5) is 18.9 Å². The molecule has 0 aromatic heterocycles. The number of carbonyl (C=O) groups excluding carboxylic acids is 2. The molecule has 8 heteroatoms. The number of anilines is 1. The van der Waals surface area contributed by atoms with E-state index in [4.69, 9.17) is 5.73 Å². The molecule has 0 saturated heterocycles. The second kappa shape index (κ2) is 9.27. The molecule has 0 radical (unpaired) electrons. The van der Waals surface area contributed by atoms with Gasteiger partial charge in [-0.1, -0.05) is 6.42 Å². The van der Waals surface area contributed by atoms with Gasteiger partial charge < -0.3 is 16.4 Å². The Bertz CT molecular complexity index is 574. The van der Waals surface area contributed by atoms with E-state index in [0.29, 0.717) is 18.5 Å². The maximum Gasteiger partial charge on any atom is 0.416 e. The topological polar surface area (TPSA) is 84.2 Å². The molecule has 134 valence electrons. The molecule has 0 spiro atoms. The Hall–Kier alpha value is -2.09. The highest BCUT2D eigenvalue weighted by atomic mass is 19.4. The van der Waals surface area contributed by atoms with Crippen molar-refractivity contribution in [3.8, 4) is 0 Å². The van der Waals surface area contributed by atoms with Crippen molar-refractivity contribution in [2.45, 2.75) is 45.3 Å². The van der Waals surface area contributed by atoms with Gasteiger partial charge in [0, 0.05) is 32.1 Å². The van der Waals surface area contributed by atoms with Crippen LogP contribution in [0.2, 0.25) is 0 Å². The molecule has 0 bridgehead atoms. The predicted molar refractivity (Wildman–Crippen MR) is 85.1 cm³/mol. The summed E-state index contributed by atoms with van der Waals surface area (Å²) in [5.74, 6) is -0.454. The summed E-state index contributed by atoms with van der Waals surface area (Å²) < 4.78 is 38.4. The lowest BCUT2D eigenvalue weighted by atomic mass is 10.1. The molecule has 1 aromatic rings. The molecule has 0 aliphatic carbocycles. The fourth-order valence-corrected chi connectivity index (χ4v) is 2.12. The Balaban J connectivity index is 2.50. The van der Waals surface area contributed by atoms with Crippen molar-refractivity contribution in [1.82, 2.24) is 5.32 Å². The minimum atomic E-state index is -4.49. The Morgan fingerprint density at radius 3 is 2.42 bits per heavy atom. The van der Waals surface area contributed by atoms with Crippen LogP contribution >= 0.6 is 0 Å². The van der Waals surface area contributed by atoms with Crippen molar-refractivity contribution >= 4 is 17.5 Å². The van der Waals surface area contributed by atoms with Gasteiger partial charge in [0.25, 0.3) is 0 Å². The third-order valence-electron chi connectivity index (χ3n) is 3.29. The number of unbranched alkanes of at least 4 members (excludes halogenated alkanes) is 2. The van der Waals surface area contributed by atoms with E-state index in [1.807, 2.05) is 0 Å². The number of carbonyl (C=O) groups is 2. The number of halogens is 3. The molecule has 0 unspecified atom stereocenters. The van der Waals surface area contributed by atoms with E-state index in [1.165, 1.54) is 13.0 Å². The summed E-state index contributed by atoms with van der Waals surface area (Å²) in [5.41, 5.74) is 4.96. The lowest BCUT2D eigenvalue weighted by molar-refractivity contribution is -0.137. The quantitative estimate of drug-likeness (QED) is 0.634. The first-order chi connectivity index (χ1) is 11.2. The minimum absolute atomic E-state index is 0.0457. The fraction of sp³-hybridized carbons (Fsp3) is 0.500. The SMILES string of the molecule is CC(=O)NCCCCCC(=O)Nc1cc(CN)cc(C(F)(F)F)c1. The van der Waals surface area contributed by atoms with Gasteiger partial charge >= 0.3 is 6.18 Å². The first-order valence-electron chi connectivity index (χ1n) is 7.68. The third kappa shape index (κ3) is 7.45. The first-order valence-corrected chi connectivity index (χ1v) is 7.68. The molecule has 1 rings (SSSR count). The fourth-order valence-electron chi connectivity index (χ4n) is 2.12. The van der Waals surface area contributed by atoms with Crippen LogP contribution in [-0.4, -0.2) is 18.4 Å². The van der Waals surface area contributed by atoms with Crippen LogP contribution in [0, 0.1) is 0 Å². The van der Waals surface area contributed by atoms with Gasteiger partial charge in [0.05, 0.1) is 5.56 Å². The Morgan fingerprint density at radius 1 is 1.12 bits per heavy atom. The van der Waals surface area contributed by atoms with Crippen LogP contribution in [0.1, 0.15) is 43.7 Å². The van der Waals surface area contributed by atoms with Gasteiger partial charge in [-0.2, -0.15) is 13.2 Å². The number of alkyl halides is 3. The molecular formula is C16H22F3N3O2. The molecule has 1 aromatic carbocycles. The average Bonchev–Trinajstić information content (AvgIpc) is 2.49. The summed E-state index contributed by atoms with van der Waals surface area (Å²) in [6, 6.07) is 3.30. The Kier molecular flexibility index (Phi) is 7.70. The lowest BCUT2D eigenvalue weighted by Crippen LogP contribution is -2.20. The number of benzene rings is 1. The third-order valence-corrected chi connectivity index (χ3v) is 3.29. The van der Waals surface area contributed by atoms with Crippen molar-refractivity contribution < 1.29 is 22.8 Å². The van der Waals surface area contributed by atoms with E-state index >= 15 is 0 Å². The van der Waals surface area contributed by atoms with E-state index in [0.717, 1.165) is 25.0 Å². The zero-order chi connectivity index (χ0) is 18.2. The van der Waals surface area contributed by atoms with Crippen LogP contribution in [0.25, 0.3) is 0 Å². The minimum Gasteiger partial charge on any atom is -0.356 e. The molecule has 4 N–H and O–H groups in total. The van der Waals surface area contributed by atoms with Crippen molar-refractivity contribution in [3.63, 3.8) is 0 Å². The van der Waals surface area contributed by atoms with Crippen molar-refractivity contribution in [3.05, 3.63) is 29.3 Å². The van der Waals surface area contributed by atoms with Crippen molar-refractivity contribution in [1.29, 1.82) is 0 Å². The molecule has 0 heterocycles. The summed E-state index contributed by atoms with van der Waals surface area (Å²) in [4.78, 5) is 22.5. The molecule has 0 saturated carbocycles. The summed E-state index contributed by atoms with van der Waals surface area (Å²) in [6.45, 7) is 1.93. The van der Waals surface area contributed by atoms with Gasteiger partial charge in [-0.3, -0.25) is 9.59 Å². The molecule has 2 amide bonds. The van der Waals surface area contributed by atoms with Gasteiger partial charge in [0.2, 0.25) is 11.8 Å².